The second-order valence-electron chi connectivity index (χ2n) is 9.22. The summed E-state index contributed by atoms with van der Waals surface area (Å²) in [5, 5.41) is 10.9. The quantitative estimate of drug-likeness (QED) is 0.695. The molecule has 0 aromatic heterocycles. The van der Waals surface area contributed by atoms with E-state index in [-0.39, 0.29) is 16.2 Å². The molecule has 0 aromatic carbocycles. The van der Waals surface area contributed by atoms with Gasteiger partial charge in [-0.25, -0.2) is 4.99 Å². The number of hydrogen-bond acceptors (Lipinski definition) is 4. The first-order valence-corrected chi connectivity index (χ1v) is 8.31. The van der Waals surface area contributed by atoms with Crippen LogP contribution in [0.25, 0.3) is 0 Å². The van der Waals surface area contributed by atoms with Crippen molar-refractivity contribution in [3.8, 4) is 0 Å². The SMILES string of the molecule is C/C=C(\N1NC=NC(C(C)(C)C)=C1C(=N)C(C)(C)C)C(C)(C)C. The van der Waals surface area contributed by atoms with Gasteiger partial charge in [0.15, 0.2) is 0 Å². The summed E-state index contributed by atoms with van der Waals surface area (Å²) in [7, 11) is 0. The van der Waals surface area contributed by atoms with Crippen LogP contribution in [-0.2, 0) is 0 Å². The van der Waals surface area contributed by atoms with Crippen LogP contribution in [0.5, 0.6) is 0 Å². The molecule has 4 heteroatoms. The highest BCUT2D eigenvalue weighted by molar-refractivity contribution is 6.02. The van der Waals surface area contributed by atoms with E-state index in [1.54, 1.807) is 6.34 Å². The number of hydrogen-bond donors (Lipinski definition) is 2. The highest BCUT2D eigenvalue weighted by Crippen LogP contribution is 2.39. The van der Waals surface area contributed by atoms with Crippen molar-refractivity contribution in [1.29, 1.82) is 5.41 Å². The number of rotatable bonds is 2. The first-order valence-electron chi connectivity index (χ1n) is 8.31. The lowest BCUT2D eigenvalue weighted by Gasteiger charge is -2.42. The molecule has 23 heavy (non-hydrogen) atoms. The Bertz CT molecular complexity index is 558. The second kappa shape index (κ2) is 6.14. The van der Waals surface area contributed by atoms with Gasteiger partial charge in [-0.2, -0.15) is 0 Å². The van der Waals surface area contributed by atoms with E-state index in [4.69, 9.17) is 5.41 Å². The highest BCUT2D eigenvalue weighted by Gasteiger charge is 2.37. The normalized spacial score (nSPS) is 17.5. The van der Waals surface area contributed by atoms with E-state index in [9.17, 15) is 0 Å². The lowest BCUT2D eigenvalue weighted by Crippen LogP contribution is -2.47. The molecule has 1 heterocycles. The van der Waals surface area contributed by atoms with Gasteiger partial charge < -0.3 is 5.41 Å². The fraction of sp³-hybridized carbons (Fsp3) is 0.684. The predicted octanol–water partition coefficient (Wildman–Crippen LogP) is 5.11. The van der Waals surface area contributed by atoms with Crippen molar-refractivity contribution in [2.75, 3.05) is 0 Å². The summed E-state index contributed by atoms with van der Waals surface area (Å²) in [6.45, 7) is 21.3. The third-order valence-corrected chi connectivity index (χ3v) is 3.81. The summed E-state index contributed by atoms with van der Waals surface area (Å²) in [5.74, 6) is 0. The van der Waals surface area contributed by atoms with Gasteiger partial charge in [0, 0.05) is 21.9 Å². The Labute approximate surface area is 142 Å². The van der Waals surface area contributed by atoms with Gasteiger partial charge in [-0.05, 0) is 6.92 Å². The first kappa shape index (κ1) is 19.5. The molecule has 0 saturated carbocycles. The molecule has 1 aliphatic heterocycles. The Hall–Kier alpha value is -1.58. The van der Waals surface area contributed by atoms with Gasteiger partial charge in [0.2, 0.25) is 0 Å². The zero-order valence-electron chi connectivity index (χ0n) is 16.5. The largest absolute Gasteiger partial charge is 0.302 e. The average molecular weight is 319 g/mol. The predicted molar refractivity (Wildman–Crippen MR) is 100 cm³/mol. The Morgan fingerprint density at radius 1 is 1.04 bits per heavy atom. The number of aliphatic imine (C=N–C) groups is 1. The van der Waals surface area contributed by atoms with E-state index < -0.39 is 0 Å². The molecule has 0 fully saturated rings. The molecule has 0 aliphatic carbocycles. The van der Waals surface area contributed by atoms with Gasteiger partial charge in [0.25, 0.3) is 0 Å². The third kappa shape index (κ3) is 4.24. The van der Waals surface area contributed by atoms with Crippen LogP contribution in [0.2, 0.25) is 0 Å². The summed E-state index contributed by atoms with van der Waals surface area (Å²) >= 11 is 0. The summed E-state index contributed by atoms with van der Waals surface area (Å²) in [6, 6.07) is 0. The molecule has 130 valence electrons. The molecule has 0 aromatic rings. The summed E-state index contributed by atoms with van der Waals surface area (Å²) in [4.78, 5) is 4.60. The van der Waals surface area contributed by atoms with Gasteiger partial charge in [0.05, 0.1) is 11.4 Å². The van der Waals surface area contributed by atoms with E-state index in [1.165, 1.54) is 0 Å². The number of hydrazine groups is 1. The van der Waals surface area contributed by atoms with Gasteiger partial charge in [-0.1, -0.05) is 68.4 Å². The number of allylic oxidation sites excluding steroid dienone is 4. The van der Waals surface area contributed by atoms with Gasteiger partial charge in [-0.3, -0.25) is 10.4 Å². The summed E-state index contributed by atoms with van der Waals surface area (Å²) in [6.07, 6.45) is 3.84. The third-order valence-electron chi connectivity index (χ3n) is 3.81. The smallest absolute Gasteiger partial charge is 0.107 e. The van der Waals surface area contributed by atoms with Crippen molar-refractivity contribution in [2.24, 2.45) is 21.2 Å². The van der Waals surface area contributed by atoms with E-state index >= 15 is 0 Å². The molecule has 1 aliphatic rings. The summed E-state index contributed by atoms with van der Waals surface area (Å²) in [5.41, 5.74) is 6.36. The minimum atomic E-state index is -0.255. The van der Waals surface area contributed by atoms with Gasteiger partial charge >= 0.3 is 0 Å². The molecule has 0 atom stereocenters. The fourth-order valence-electron chi connectivity index (χ4n) is 2.60. The van der Waals surface area contributed by atoms with Crippen LogP contribution in [0.4, 0.5) is 0 Å². The van der Waals surface area contributed by atoms with Gasteiger partial charge in [-0.15, -0.1) is 0 Å². The van der Waals surface area contributed by atoms with Crippen LogP contribution in [0.15, 0.2) is 28.2 Å². The van der Waals surface area contributed by atoms with Crippen LogP contribution in [0, 0.1) is 21.7 Å². The molecule has 1 rings (SSSR count). The standard InChI is InChI=1S/C19H34N4/c1-11-13(17(2,3)4)23-14(15(20)18(5,6)7)16(19(8,9)10)21-12-22-23/h11-12,20H,1-10H3,(H,21,22)/b13-11-,20-15?. The van der Waals surface area contributed by atoms with Crippen molar-refractivity contribution in [1.82, 2.24) is 10.4 Å². The van der Waals surface area contributed by atoms with Crippen molar-refractivity contribution in [3.05, 3.63) is 23.2 Å². The van der Waals surface area contributed by atoms with Crippen LogP contribution >= 0.6 is 0 Å². The maximum atomic E-state index is 8.81. The molecular formula is C19H34N4. The molecule has 0 amide bonds. The molecular weight excluding hydrogens is 284 g/mol. The van der Waals surface area contributed by atoms with Crippen molar-refractivity contribution in [2.45, 2.75) is 69.2 Å². The molecule has 0 saturated heterocycles. The molecule has 0 spiro atoms. The van der Waals surface area contributed by atoms with Crippen LogP contribution in [0.3, 0.4) is 0 Å². The molecule has 0 bridgehead atoms. The maximum Gasteiger partial charge on any atom is 0.107 e. The lowest BCUT2D eigenvalue weighted by molar-refractivity contribution is 0.282. The zero-order chi connectivity index (χ0) is 18.2. The lowest BCUT2D eigenvalue weighted by atomic mass is 9.81. The Balaban J connectivity index is 3.64. The average Bonchev–Trinajstić information content (AvgIpc) is 2.34. The van der Waals surface area contributed by atoms with Crippen molar-refractivity contribution >= 4 is 12.1 Å². The second-order valence-corrected chi connectivity index (χ2v) is 9.22. The fourth-order valence-corrected chi connectivity index (χ4v) is 2.60. The van der Waals surface area contributed by atoms with E-state index in [0.29, 0.717) is 5.71 Å². The van der Waals surface area contributed by atoms with E-state index in [2.05, 4.69) is 78.8 Å². The number of nitrogens with zero attached hydrogens (tertiary/aromatic N) is 2. The minimum Gasteiger partial charge on any atom is -0.302 e. The highest BCUT2D eigenvalue weighted by atomic mass is 15.5. The van der Waals surface area contributed by atoms with Gasteiger partial charge in [0.1, 0.15) is 12.0 Å². The molecule has 2 N–H and O–H groups in total. The van der Waals surface area contributed by atoms with Crippen LogP contribution in [-0.4, -0.2) is 17.1 Å². The Morgan fingerprint density at radius 3 is 1.91 bits per heavy atom. The van der Waals surface area contributed by atoms with Crippen LogP contribution in [0.1, 0.15) is 69.2 Å². The Kier molecular flexibility index (Phi) is 5.20. The zero-order valence-corrected chi connectivity index (χ0v) is 16.5. The van der Waals surface area contributed by atoms with E-state index in [1.807, 2.05) is 11.9 Å². The summed E-state index contributed by atoms with van der Waals surface area (Å²) < 4.78 is 0. The molecule has 4 nitrogen and oxygen atoms in total. The number of nitrogens with one attached hydrogen (secondary N) is 2. The van der Waals surface area contributed by atoms with Crippen LogP contribution < -0.4 is 5.43 Å². The monoisotopic (exact) mass is 318 g/mol. The van der Waals surface area contributed by atoms with Crippen molar-refractivity contribution < 1.29 is 0 Å². The first-order chi connectivity index (χ1) is 10.2. The van der Waals surface area contributed by atoms with E-state index in [0.717, 1.165) is 17.1 Å². The molecule has 0 unspecified atom stereocenters. The minimum absolute atomic E-state index is 0.0423. The topological polar surface area (TPSA) is 51.5 Å². The molecule has 0 radical (unpaired) electrons. The van der Waals surface area contributed by atoms with Crippen molar-refractivity contribution in [3.63, 3.8) is 0 Å². The maximum absolute atomic E-state index is 8.81. The Morgan fingerprint density at radius 2 is 1.57 bits per heavy atom.